The highest BCUT2D eigenvalue weighted by atomic mass is 16.3. The van der Waals surface area contributed by atoms with Gasteiger partial charge >= 0.3 is 0 Å². The number of rotatable bonds is 7. The number of anilines is 1. The van der Waals surface area contributed by atoms with Gasteiger partial charge in [-0.05, 0) is 38.7 Å². The standard InChI is InChI=1S/C27H27N3O5/c1-4-13-29-19-11-7-6-10-18(19)27(26(29)34)22(24(32)25(33)30(27)15-14-28(2)3)23(31)21-16-17-9-5-8-12-20(17)35-21/h5-12,16,32H,4,13-15H2,1-3H3. The van der Waals surface area contributed by atoms with Crippen LogP contribution in [0.15, 0.2) is 70.3 Å². The highest BCUT2D eigenvalue weighted by Gasteiger charge is 2.65. The fourth-order valence-corrected chi connectivity index (χ4v) is 5.13. The molecule has 3 aromatic rings. The van der Waals surface area contributed by atoms with E-state index >= 15 is 0 Å². The molecule has 1 spiro atoms. The van der Waals surface area contributed by atoms with Crippen molar-refractivity contribution in [3.05, 3.63) is 77.3 Å². The Labute approximate surface area is 203 Å². The normalized spacial score (nSPS) is 19.7. The zero-order valence-corrected chi connectivity index (χ0v) is 19.9. The summed E-state index contributed by atoms with van der Waals surface area (Å²) in [6.07, 6.45) is 0.685. The molecule has 0 aliphatic carbocycles. The van der Waals surface area contributed by atoms with E-state index in [4.69, 9.17) is 4.42 Å². The fraction of sp³-hybridized carbons (Fsp3) is 0.296. The van der Waals surface area contributed by atoms with Crippen LogP contribution in [0.3, 0.4) is 0 Å². The second-order valence-corrected chi connectivity index (χ2v) is 9.15. The van der Waals surface area contributed by atoms with Crippen LogP contribution in [0.2, 0.25) is 0 Å². The molecule has 0 saturated carbocycles. The quantitative estimate of drug-likeness (QED) is 0.528. The summed E-state index contributed by atoms with van der Waals surface area (Å²) in [4.78, 5) is 46.5. The zero-order valence-electron chi connectivity index (χ0n) is 19.9. The molecule has 5 rings (SSSR count). The summed E-state index contributed by atoms with van der Waals surface area (Å²) in [6, 6.07) is 15.9. The van der Waals surface area contributed by atoms with Gasteiger partial charge in [-0.3, -0.25) is 14.4 Å². The number of para-hydroxylation sites is 2. The third-order valence-electron chi connectivity index (χ3n) is 6.68. The average molecular weight is 474 g/mol. The van der Waals surface area contributed by atoms with Gasteiger partial charge in [0.1, 0.15) is 5.58 Å². The van der Waals surface area contributed by atoms with Gasteiger partial charge in [0.05, 0.1) is 11.3 Å². The number of hydrogen-bond donors (Lipinski definition) is 1. The predicted octanol–water partition coefficient (Wildman–Crippen LogP) is 3.48. The van der Waals surface area contributed by atoms with Crippen molar-refractivity contribution >= 4 is 34.3 Å². The Morgan fingerprint density at radius 1 is 1.06 bits per heavy atom. The molecular weight excluding hydrogens is 446 g/mol. The maximum absolute atomic E-state index is 14.2. The third kappa shape index (κ3) is 3.20. The smallest absolute Gasteiger partial charge is 0.290 e. The number of Topliss-reactive ketones (excluding diaryl/α,β-unsaturated/α-hetero) is 1. The van der Waals surface area contributed by atoms with Gasteiger partial charge in [0.25, 0.3) is 11.8 Å². The molecule has 0 bridgehead atoms. The summed E-state index contributed by atoms with van der Waals surface area (Å²) in [5, 5.41) is 11.8. The SMILES string of the molecule is CCCN1C(=O)C2(C(C(=O)c3cc4ccccc4o3)=C(O)C(=O)N2CCN(C)C)c2ccccc21. The van der Waals surface area contributed by atoms with Crippen molar-refractivity contribution < 1.29 is 23.9 Å². The summed E-state index contributed by atoms with van der Waals surface area (Å²) >= 11 is 0. The molecule has 2 aromatic carbocycles. The van der Waals surface area contributed by atoms with Crippen LogP contribution >= 0.6 is 0 Å². The van der Waals surface area contributed by atoms with Crippen molar-refractivity contribution in [1.29, 1.82) is 0 Å². The van der Waals surface area contributed by atoms with E-state index in [2.05, 4.69) is 0 Å². The number of aliphatic hydroxyl groups excluding tert-OH is 1. The molecule has 1 unspecified atom stereocenters. The van der Waals surface area contributed by atoms with Crippen molar-refractivity contribution in [2.75, 3.05) is 38.6 Å². The number of amides is 2. The van der Waals surface area contributed by atoms with E-state index in [1.54, 1.807) is 35.2 Å². The Hall–Kier alpha value is -3.91. The monoisotopic (exact) mass is 473 g/mol. The van der Waals surface area contributed by atoms with E-state index in [0.29, 0.717) is 41.7 Å². The van der Waals surface area contributed by atoms with Gasteiger partial charge in [-0.25, -0.2) is 0 Å². The second-order valence-electron chi connectivity index (χ2n) is 9.15. The lowest BCUT2D eigenvalue weighted by molar-refractivity contribution is -0.140. The Kier molecular flexibility index (Phi) is 5.48. The maximum atomic E-state index is 14.2. The lowest BCUT2D eigenvalue weighted by atomic mass is 9.81. The van der Waals surface area contributed by atoms with Gasteiger partial charge in [-0.2, -0.15) is 0 Å². The van der Waals surface area contributed by atoms with E-state index in [0.717, 1.165) is 0 Å². The molecule has 2 aliphatic rings. The lowest BCUT2D eigenvalue weighted by Gasteiger charge is -2.36. The first kappa shape index (κ1) is 22.9. The highest BCUT2D eigenvalue weighted by molar-refractivity contribution is 6.26. The first-order valence-electron chi connectivity index (χ1n) is 11.7. The highest BCUT2D eigenvalue weighted by Crippen LogP contribution is 2.53. The first-order chi connectivity index (χ1) is 16.8. The van der Waals surface area contributed by atoms with E-state index in [9.17, 15) is 19.5 Å². The van der Waals surface area contributed by atoms with Gasteiger partial charge < -0.3 is 24.2 Å². The summed E-state index contributed by atoms with van der Waals surface area (Å²) in [5.41, 5.74) is -0.375. The molecule has 8 heteroatoms. The van der Waals surface area contributed by atoms with Crippen LogP contribution in [0.5, 0.6) is 0 Å². The summed E-state index contributed by atoms with van der Waals surface area (Å²) in [5.74, 6) is -2.59. The van der Waals surface area contributed by atoms with Gasteiger partial charge in [0.2, 0.25) is 5.78 Å². The number of likely N-dealkylation sites (N-methyl/N-ethyl adjacent to an activating group) is 1. The van der Waals surface area contributed by atoms with Gasteiger partial charge in [-0.15, -0.1) is 0 Å². The van der Waals surface area contributed by atoms with Crippen LogP contribution in [0.25, 0.3) is 11.0 Å². The Morgan fingerprint density at radius 3 is 2.49 bits per heavy atom. The van der Waals surface area contributed by atoms with Crippen molar-refractivity contribution in [1.82, 2.24) is 9.80 Å². The van der Waals surface area contributed by atoms with E-state index in [1.807, 2.05) is 50.2 Å². The van der Waals surface area contributed by atoms with Crippen LogP contribution in [0.4, 0.5) is 5.69 Å². The number of aliphatic hydroxyl groups is 1. The molecule has 0 radical (unpaired) electrons. The van der Waals surface area contributed by atoms with E-state index in [-0.39, 0.29) is 17.9 Å². The zero-order chi connectivity index (χ0) is 24.9. The molecule has 0 saturated heterocycles. The number of benzene rings is 2. The average Bonchev–Trinajstić information content (AvgIpc) is 3.45. The van der Waals surface area contributed by atoms with Crippen molar-refractivity contribution in [3.63, 3.8) is 0 Å². The van der Waals surface area contributed by atoms with Crippen LogP contribution in [0.1, 0.15) is 29.5 Å². The number of nitrogens with zero attached hydrogens (tertiary/aromatic N) is 3. The lowest BCUT2D eigenvalue weighted by Crippen LogP contribution is -2.55. The fourth-order valence-electron chi connectivity index (χ4n) is 5.13. The van der Waals surface area contributed by atoms with Crippen LogP contribution < -0.4 is 4.90 Å². The van der Waals surface area contributed by atoms with Crippen molar-refractivity contribution in [2.45, 2.75) is 18.9 Å². The van der Waals surface area contributed by atoms with Crippen LogP contribution in [0, 0.1) is 0 Å². The summed E-state index contributed by atoms with van der Waals surface area (Å²) in [6.45, 7) is 2.96. The molecule has 180 valence electrons. The molecule has 0 fully saturated rings. The van der Waals surface area contributed by atoms with Crippen molar-refractivity contribution in [3.8, 4) is 0 Å². The minimum absolute atomic E-state index is 0.0337. The van der Waals surface area contributed by atoms with E-state index in [1.165, 1.54) is 4.90 Å². The molecule has 35 heavy (non-hydrogen) atoms. The largest absolute Gasteiger partial charge is 0.503 e. The molecule has 2 aliphatic heterocycles. The number of fused-ring (bicyclic) bond motifs is 3. The molecular formula is C27H27N3O5. The molecule has 1 atom stereocenters. The molecule has 8 nitrogen and oxygen atoms in total. The molecule has 3 heterocycles. The van der Waals surface area contributed by atoms with Gasteiger partial charge in [0.15, 0.2) is 17.1 Å². The van der Waals surface area contributed by atoms with Gasteiger partial charge in [-0.1, -0.05) is 43.3 Å². The maximum Gasteiger partial charge on any atom is 0.290 e. The Morgan fingerprint density at radius 2 is 1.77 bits per heavy atom. The number of carbonyl (C=O) groups is 3. The minimum Gasteiger partial charge on any atom is -0.503 e. The number of furan rings is 1. The molecule has 1 N–H and O–H groups in total. The minimum atomic E-state index is -1.76. The number of carbonyl (C=O) groups excluding carboxylic acids is 3. The number of hydrogen-bond acceptors (Lipinski definition) is 6. The first-order valence-corrected chi connectivity index (χ1v) is 11.7. The van der Waals surface area contributed by atoms with Crippen LogP contribution in [-0.2, 0) is 15.1 Å². The molecule has 1 aromatic heterocycles. The van der Waals surface area contributed by atoms with Gasteiger partial charge in [0, 0.05) is 30.6 Å². The molecule has 2 amide bonds. The third-order valence-corrected chi connectivity index (χ3v) is 6.68. The predicted molar refractivity (Wildman–Crippen MR) is 131 cm³/mol. The topological polar surface area (TPSA) is 94.3 Å². The Balaban J connectivity index is 1.74. The van der Waals surface area contributed by atoms with E-state index < -0.39 is 28.9 Å². The Bertz CT molecular complexity index is 1360. The second kappa shape index (κ2) is 8.39. The van der Waals surface area contributed by atoms with Crippen LogP contribution in [-0.4, -0.2) is 66.2 Å². The number of ketones is 1. The summed E-state index contributed by atoms with van der Waals surface area (Å²) in [7, 11) is 3.71. The summed E-state index contributed by atoms with van der Waals surface area (Å²) < 4.78 is 5.80. The van der Waals surface area contributed by atoms with Crippen molar-refractivity contribution in [2.24, 2.45) is 0 Å².